The van der Waals surface area contributed by atoms with Crippen LogP contribution < -0.4 is 10.1 Å². The number of anilines is 1. The summed E-state index contributed by atoms with van der Waals surface area (Å²) >= 11 is 0. The van der Waals surface area contributed by atoms with Crippen LogP contribution in [0.2, 0.25) is 0 Å². The Morgan fingerprint density at radius 2 is 1.70 bits per heavy atom. The number of carbonyl (C=O) groups is 1. The molecule has 0 fully saturated rings. The molecule has 0 spiro atoms. The monoisotopic (exact) mass is 422 g/mol. The molecule has 0 bridgehead atoms. The summed E-state index contributed by atoms with van der Waals surface area (Å²) in [5, 5.41) is 2.37. The molecule has 3 rings (SSSR count). The van der Waals surface area contributed by atoms with Gasteiger partial charge in [-0.1, -0.05) is 12.1 Å². The fourth-order valence-corrected chi connectivity index (χ4v) is 2.73. The minimum atomic E-state index is -5.02. The van der Waals surface area contributed by atoms with E-state index in [0.717, 1.165) is 17.7 Å². The Balaban J connectivity index is 2.08. The van der Waals surface area contributed by atoms with Crippen molar-refractivity contribution >= 4 is 11.6 Å². The van der Waals surface area contributed by atoms with Crippen molar-refractivity contribution in [3.8, 4) is 11.5 Å². The lowest BCUT2D eigenvalue weighted by atomic mass is 10.1. The summed E-state index contributed by atoms with van der Waals surface area (Å²) in [6.45, 7) is 3.14. The zero-order chi connectivity index (χ0) is 22.1. The van der Waals surface area contributed by atoms with Gasteiger partial charge < -0.3 is 10.1 Å². The normalized spacial score (nSPS) is 11.3. The molecule has 30 heavy (non-hydrogen) atoms. The summed E-state index contributed by atoms with van der Waals surface area (Å²) < 4.78 is 72.9. The molecular weight excluding hydrogens is 407 g/mol. The third kappa shape index (κ3) is 4.56. The van der Waals surface area contributed by atoms with Gasteiger partial charge >= 0.3 is 6.18 Å². The Labute approximate surface area is 168 Å². The van der Waals surface area contributed by atoms with Gasteiger partial charge in [0.25, 0.3) is 5.91 Å². The van der Waals surface area contributed by atoms with E-state index < -0.39 is 40.7 Å². The third-order valence-electron chi connectivity index (χ3n) is 4.14. The Hall–Kier alpha value is -3.49. The molecule has 0 aliphatic rings. The van der Waals surface area contributed by atoms with E-state index >= 15 is 0 Å². The standard InChI is InChI=1S/C21H15F5N2O2/c1-11-4-3-5-13(10-11)28-20(29)18-16(7-6-14(19(18)23)21(24,25)26)30-15-8-9-17(22)27-12(15)2/h3-10H,1-2H3,(H,28,29). The molecule has 0 aliphatic carbocycles. The number of ether oxygens (including phenoxy) is 1. The predicted molar refractivity (Wildman–Crippen MR) is 99.5 cm³/mol. The molecule has 1 N–H and O–H groups in total. The number of rotatable bonds is 4. The number of halogens is 5. The van der Waals surface area contributed by atoms with Gasteiger partial charge in [-0.3, -0.25) is 4.79 Å². The van der Waals surface area contributed by atoms with Crippen molar-refractivity contribution in [2.24, 2.45) is 0 Å². The number of aryl methyl sites for hydroxylation is 2. The van der Waals surface area contributed by atoms with Crippen molar-refractivity contribution in [1.29, 1.82) is 0 Å². The lowest BCUT2D eigenvalue weighted by Gasteiger charge is -2.16. The van der Waals surface area contributed by atoms with E-state index in [2.05, 4.69) is 10.3 Å². The van der Waals surface area contributed by atoms with Crippen LogP contribution in [0.15, 0.2) is 48.5 Å². The van der Waals surface area contributed by atoms with Crippen LogP contribution in [0.1, 0.15) is 27.2 Å². The number of hydrogen-bond donors (Lipinski definition) is 1. The van der Waals surface area contributed by atoms with Gasteiger partial charge in [0.15, 0.2) is 5.82 Å². The van der Waals surface area contributed by atoms with Gasteiger partial charge in [-0.15, -0.1) is 0 Å². The predicted octanol–water partition coefficient (Wildman–Crippen LogP) is 6.04. The molecule has 2 aromatic carbocycles. The van der Waals surface area contributed by atoms with Crippen LogP contribution in [-0.2, 0) is 6.18 Å². The third-order valence-corrected chi connectivity index (χ3v) is 4.14. The maximum absolute atomic E-state index is 14.8. The summed E-state index contributed by atoms with van der Waals surface area (Å²) in [5.41, 5.74) is -1.43. The first-order valence-electron chi connectivity index (χ1n) is 8.65. The van der Waals surface area contributed by atoms with Gasteiger partial charge in [0, 0.05) is 5.69 Å². The van der Waals surface area contributed by atoms with Crippen LogP contribution in [0.3, 0.4) is 0 Å². The van der Waals surface area contributed by atoms with Crippen LogP contribution in [0.4, 0.5) is 27.6 Å². The number of amides is 1. The summed E-state index contributed by atoms with van der Waals surface area (Å²) in [6, 6.07) is 9.89. The second-order valence-electron chi connectivity index (χ2n) is 6.44. The van der Waals surface area contributed by atoms with Gasteiger partial charge in [-0.25, -0.2) is 9.37 Å². The van der Waals surface area contributed by atoms with Crippen molar-refractivity contribution in [2.45, 2.75) is 20.0 Å². The van der Waals surface area contributed by atoms with Crippen LogP contribution >= 0.6 is 0 Å². The number of nitrogens with zero attached hydrogens (tertiary/aromatic N) is 1. The topological polar surface area (TPSA) is 51.2 Å². The van der Waals surface area contributed by atoms with Crippen molar-refractivity contribution < 1.29 is 31.5 Å². The molecule has 1 heterocycles. The van der Waals surface area contributed by atoms with Crippen molar-refractivity contribution in [2.75, 3.05) is 5.32 Å². The molecule has 156 valence electrons. The Morgan fingerprint density at radius 3 is 2.33 bits per heavy atom. The quantitative estimate of drug-likeness (QED) is 0.412. The first-order chi connectivity index (χ1) is 14.1. The molecular formula is C21H15F5N2O2. The fourth-order valence-electron chi connectivity index (χ4n) is 2.73. The highest BCUT2D eigenvalue weighted by Gasteiger charge is 2.37. The summed E-state index contributed by atoms with van der Waals surface area (Å²) in [5.74, 6) is -4.22. The second kappa shape index (κ2) is 8.10. The van der Waals surface area contributed by atoms with Crippen molar-refractivity contribution in [3.05, 3.63) is 82.7 Å². The van der Waals surface area contributed by atoms with Crippen LogP contribution in [0, 0.1) is 25.6 Å². The summed E-state index contributed by atoms with van der Waals surface area (Å²) in [7, 11) is 0. The van der Waals surface area contributed by atoms with Gasteiger partial charge in [-0.2, -0.15) is 17.6 Å². The smallest absolute Gasteiger partial charge is 0.419 e. The summed E-state index contributed by atoms with van der Waals surface area (Å²) in [6.07, 6.45) is -5.02. The van der Waals surface area contributed by atoms with E-state index in [0.29, 0.717) is 6.07 Å². The number of aromatic nitrogens is 1. The van der Waals surface area contributed by atoms with Crippen molar-refractivity contribution in [1.82, 2.24) is 4.98 Å². The maximum atomic E-state index is 14.8. The zero-order valence-corrected chi connectivity index (χ0v) is 15.8. The molecule has 0 saturated heterocycles. The molecule has 0 unspecified atom stereocenters. The first kappa shape index (κ1) is 21.2. The molecule has 0 atom stereocenters. The molecule has 0 aliphatic heterocycles. The van der Waals surface area contributed by atoms with Crippen molar-refractivity contribution in [3.63, 3.8) is 0 Å². The van der Waals surface area contributed by atoms with E-state index in [4.69, 9.17) is 4.74 Å². The number of nitrogens with one attached hydrogen (secondary N) is 1. The minimum Gasteiger partial charge on any atom is -0.455 e. The number of alkyl halides is 3. The van der Waals surface area contributed by atoms with Crippen LogP contribution in [0.5, 0.6) is 11.5 Å². The average molecular weight is 422 g/mol. The first-order valence-corrected chi connectivity index (χ1v) is 8.65. The highest BCUT2D eigenvalue weighted by molar-refractivity contribution is 6.06. The minimum absolute atomic E-state index is 0.0415. The number of benzene rings is 2. The van der Waals surface area contributed by atoms with E-state index in [1.807, 2.05) is 0 Å². The Kier molecular flexibility index (Phi) is 5.73. The molecule has 3 aromatic rings. The van der Waals surface area contributed by atoms with Gasteiger partial charge in [0.2, 0.25) is 5.95 Å². The molecule has 1 amide bonds. The molecule has 0 radical (unpaired) electrons. The number of pyridine rings is 1. The van der Waals surface area contributed by atoms with Crippen LogP contribution in [-0.4, -0.2) is 10.9 Å². The molecule has 0 saturated carbocycles. The van der Waals surface area contributed by atoms with E-state index in [1.165, 1.54) is 19.1 Å². The summed E-state index contributed by atoms with van der Waals surface area (Å²) in [4.78, 5) is 16.2. The average Bonchev–Trinajstić information content (AvgIpc) is 2.63. The Morgan fingerprint density at radius 1 is 1.00 bits per heavy atom. The lowest BCUT2D eigenvalue weighted by Crippen LogP contribution is -2.19. The van der Waals surface area contributed by atoms with E-state index in [1.54, 1.807) is 25.1 Å². The van der Waals surface area contributed by atoms with Gasteiger partial charge in [-0.05, 0) is 55.8 Å². The maximum Gasteiger partial charge on any atom is 0.419 e. The number of carbonyl (C=O) groups excluding carboxylic acids is 1. The fraction of sp³-hybridized carbons (Fsp3) is 0.143. The molecule has 4 nitrogen and oxygen atoms in total. The second-order valence-corrected chi connectivity index (χ2v) is 6.44. The zero-order valence-electron chi connectivity index (χ0n) is 15.8. The van der Waals surface area contributed by atoms with Gasteiger partial charge in [0.05, 0.1) is 11.3 Å². The molecule has 9 heteroatoms. The highest BCUT2D eigenvalue weighted by atomic mass is 19.4. The van der Waals surface area contributed by atoms with Gasteiger partial charge in [0.1, 0.15) is 17.1 Å². The largest absolute Gasteiger partial charge is 0.455 e. The van der Waals surface area contributed by atoms with E-state index in [-0.39, 0.29) is 17.1 Å². The molecule has 1 aromatic heterocycles. The SMILES string of the molecule is Cc1cccc(NC(=O)c2c(Oc3ccc(F)nc3C)ccc(C(F)(F)F)c2F)c1. The highest BCUT2D eigenvalue weighted by Crippen LogP contribution is 2.37. The van der Waals surface area contributed by atoms with E-state index in [9.17, 15) is 26.7 Å². The lowest BCUT2D eigenvalue weighted by molar-refractivity contribution is -0.140. The number of hydrogen-bond acceptors (Lipinski definition) is 3. The van der Waals surface area contributed by atoms with Crippen LogP contribution in [0.25, 0.3) is 0 Å². The Bertz CT molecular complexity index is 1110.